The van der Waals surface area contributed by atoms with Gasteiger partial charge in [-0.05, 0) is 36.4 Å². The number of thiazole rings is 1. The number of para-hydroxylation sites is 1. The summed E-state index contributed by atoms with van der Waals surface area (Å²) in [5.74, 6) is 0.447. The van der Waals surface area contributed by atoms with Gasteiger partial charge in [0, 0.05) is 10.6 Å². The normalized spacial score (nSPS) is 11.0. The number of benzene rings is 2. The monoisotopic (exact) mass is 417 g/mol. The second kappa shape index (κ2) is 8.08. The lowest BCUT2D eigenvalue weighted by Crippen LogP contribution is -2.07. The molecule has 0 saturated carbocycles. The van der Waals surface area contributed by atoms with E-state index in [1.54, 1.807) is 35.6 Å². The Hall–Kier alpha value is -2.42. The number of fused-ring (bicyclic) bond motifs is 1. The molecule has 0 aliphatic heterocycles. The molecule has 0 unspecified atom stereocenters. The Morgan fingerprint density at radius 2 is 1.96 bits per heavy atom. The van der Waals surface area contributed by atoms with Gasteiger partial charge in [0.25, 0.3) is 5.89 Å². The van der Waals surface area contributed by atoms with Crippen LogP contribution in [-0.4, -0.2) is 26.8 Å². The second-order valence-corrected chi connectivity index (χ2v) is 8.11. The third kappa shape index (κ3) is 4.47. The Bertz CT molecular complexity index is 1050. The predicted octanol–water partition coefficient (Wildman–Crippen LogP) is 4.84. The summed E-state index contributed by atoms with van der Waals surface area (Å²) in [5, 5.41) is 4.50. The van der Waals surface area contributed by atoms with Crippen LogP contribution < -0.4 is 0 Å². The number of carbonyl (C=O) groups excluding carboxylic acids is 1. The topological polar surface area (TPSA) is 78.1 Å². The van der Waals surface area contributed by atoms with Crippen LogP contribution in [0.15, 0.2) is 57.4 Å². The Labute approximate surface area is 167 Å². The summed E-state index contributed by atoms with van der Waals surface area (Å²) in [7, 11) is 0. The second-order valence-electron chi connectivity index (χ2n) is 5.42. The van der Waals surface area contributed by atoms with Crippen molar-refractivity contribution < 1.29 is 14.1 Å². The number of hydrogen-bond acceptors (Lipinski definition) is 8. The summed E-state index contributed by atoms with van der Waals surface area (Å²) in [4.78, 5) is 20.6. The highest BCUT2D eigenvalue weighted by molar-refractivity contribution is 8.01. The molecule has 0 fully saturated rings. The van der Waals surface area contributed by atoms with Crippen LogP contribution >= 0.6 is 34.7 Å². The van der Waals surface area contributed by atoms with Crippen molar-refractivity contribution in [1.82, 2.24) is 15.1 Å². The molecule has 2 aromatic heterocycles. The van der Waals surface area contributed by atoms with Crippen molar-refractivity contribution in [2.24, 2.45) is 0 Å². The van der Waals surface area contributed by atoms with E-state index in [4.69, 9.17) is 20.9 Å². The summed E-state index contributed by atoms with van der Waals surface area (Å²) >= 11 is 8.75. The highest BCUT2D eigenvalue weighted by Gasteiger charge is 2.12. The third-order valence-corrected chi connectivity index (χ3v) is 5.92. The zero-order valence-electron chi connectivity index (χ0n) is 13.8. The fourth-order valence-corrected chi connectivity index (χ4v) is 4.24. The lowest BCUT2D eigenvalue weighted by atomic mass is 10.2. The van der Waals surface area contributed by atoms with Gasteiger partial charge in [0.05, 0.1) is 16.0 Å². The van der Waals surface area contributed by atoms with Crippen molar-refractivity contribution >= 4 is 50.9 Å². The summed E-state index contributed by atoms with van der Waals surface area (Å²) < 4.78 is 12.2. The maximum absolute atomic E-state index is 11.9. The van der Waals surface area contributed by atoms with Gasteiger partial charge in [-0.1, -0.05) is 40.7 Å². The van der Waals surface area contributed by atoms with Crippen molar-refractivity contribution in [1.29, 1.82) is 0 Å². The molecule has 0 amide bonds. The van der Waals surface area contributed by atoms with E-state index in [1.807, 2.05) is 24.3 Å². The molecule has 0 aliphatic rings. The van der Waals surface area contributed by atoms with Crippen LogP contribution in [0.2, 0.25) is 5.02 Å². The van der Waals surface area contributed by atoms with Crippen LogP contribution in [0.4, 0.5) is 0 Å². The minimum Gasteiger partial charge on any atom is -0.455 e. The van der Waals surface area contributed by atoms with Gasteiger partial charge in [-0.15, -0.1) is 11.3 Å². The molecule has 27 heavy (non-hydrogen) atoms. The van der Waals surface area contributed by atoms with Crippen LogP contribution in [-0.2, 0) is 16.1 Å². The van der Waals surface area contributed by atoms with E-state index in [0.29, 0.717) is 10.8 Å². The lowest BCUT2D eigenvalue weighted by molar-refractivity contribution is -0.142. The Morgan fingerprint density at radius 3 is 2.78 bits per heavy atom. The van der Waals surface area contributed by atoms with E-state index >= 15 is 0 Å². The number of rotatable bonds is 6. The van der Waals surface area contributed by atoms with E-state index in [-0.39, 0.29) is 24.2 Å². The smallest absolute Gasteiger partial charge is 0.316 e. The lowest BCUT2D eigenvalue weighted by Gasteiger charge is -1.99. The summed E-state index contributed by atoms with van der Waals surface area (Å²) in [5.41, 5.74) is 1.70. The molecule has 0 atom stereocenters. The highest BCUT2D eigenvalue weighted by Crippen LogP contribution is 2.29. The van der Waals surface area contributed by atoms with Gasteiger partial charge in [-0.25, -0.2) is 4.98 Å². The van der Waals surface area contributed by atoms with E-state index in [2.05, 4.69) is 15.1 Å². The molecule has 136 valence electrons. The molecule has 2 aromatic carbocycles. The van der Waals surface area contributed by atoms with Gasteiger partial charge < -0.3 is 9.26 Å². The Morgan fingerprint density at radius 1 is 1.15 bits per heavy atom. The van der Waals surface area contributed by atoms with Gasteiger partial charge >= 0.3 is 5.97 Å². The van der Waals surface area contributed by atoms with Crippen molar-refractivity contribution in [3.63, 3.8) is 0 Å². The maximum atomic E-state index is 11.9. The molecule has 2 heterocycles. The number of halogens is 1. The first-order valence-electron chi connectivity index (χ1n) is 7.90. The molecular weight excluding hydrogens is 406 g/mol. The number of nitrogens with zero attached hydrogens (tertiary/aromatic N) is 3. The highest BCUT2D eigenvalue weighted by atomic mass is 35.5. The molecule has 4 aromatic rings. The number of carbonyl (C=O) groups is 1. The number of aromatic nitrogens is 3. The maximum Gasteiger partial charge on any atom is 0.316 e. The molecule has 0 N–H and O–H groups in total. The van der Waals surface area contributed by atoms with Crippen molar-refractivity contribution in [2.45, 2.75) is 10.9 Å². The quantitative estimate of drug-likeness (QED) is 0.328. The van der Waals surface area contributed by atoms with Crippen LogP contribution in [0.1, 0.15) is 5.89 Å². The zero-order valence-corrected chi connectivity index (χ0v) is 16.2. The minimum atomic E-state index is -0.370. The van der Waals surface area contributed by atoms with Crippen molar-refractivity contribution in [2.75, 3.05) is 5.75 Å². The van der Waals surface area contributed by atoms with E-state index in [9.17, 15) is 4.79 Å². The Kier molecular flexibility index (Phi) is 5.38. The standard InChI is InChI=1S/C18H12ClN3O3S2/c19-12-7-5-11(6-8-12)17-21-15(25-22-17)9-24-16(23)10-26-18-20-13-3-1-2-4-14(13)27-18/h1-8H,9-10H2. The first-order chi connectivity index (χ1) is 13.2. The van der Waals surface area contributed by atoms with Gasteiger partial charge in [0.15, 0.2) is 10.9 Å². The van der Waals surface area contributed by atoms with E-state index in [0.717, 1.165) is 20.1 Å². The number of thioether (sulfide) groups is 1. The average Bonchev–Trinajstić information content (AvgIpc) is 3.32. The summed E-state index contributed by atoms with van der Waals surface area (Å²) in [6, 6.07) is 14.9. The van der Waals surface area contributed by atoms with Crippen LogP contribution in [0.3, 0.4) is 0 Å². The van der Waals surface area contributed by atoms with Crippen LogP contribution in [0.5, 0.6) is 0 Å². The van der Waals surface area contributed by atoms with Crippen molar-refractivity contribution in [3.8, 4) is 11.4 Å². The number of esters is 1. The number of hydrogen-bond donors (Lipinski definition) is 0. The predicted molar refractivity (Wildman–Crippen MR) is 105 cm³/mol. The van der Waals surface area contributed by atoms with Crippen molar-refractivity contribution in [3.05, 3.63) is 59.4 Å². The van der Waals surface area contributed by atoms with Crippen LogP contribution in [0.25, 0.3) is 21.6 Å². The SMILES string of the molecule is O=C(CSc1nc2ccccc2s1)OCc1nc(-c2ccc(Cl)cc2)no1. The van der Waals surface area contributed by atoms with Crippen LogP contribution in [0, 0.1) is 0 Å². The molecule has 0 saturated heterocycles. The summed E-state index contributed by atoms with van der Waals surface area (Å²) in [6.07, 6.45) is 0. The fraction of sp³-hybridized carbons (Fsp3) is 0.111. The molecule has 6 nitrogen and oxygen atoms in total. The first-order valence-corrected chi connectivity index (χ1v) is 10.1. The molecule has 0 aliphatic carbocycles. The molecule has 4 rings (SSSR count). The molecule has 0 radical (unpaired) electrons. The first kappa shape index (κ1) is 18.0. The molecular formula is C18H12ClN3O3S2. The van der Waals surface area contributed by atoms with Gasteiger partial charge in [-0.3, -0.25) is 4.79 Å². The molecule has 0 bridgehead atoms. The Balaban J connectivity index is 1.29. The average molecular weight is 418 g/mol. The van der Waals surface area contributed by atoms with Gasteiger partial charge in [0.2, 0.25) is 5.82 Å². The minimum absolute atomic E-state index is 0.0696. The number of ether oxygens (including phenoxy) is 1. The van der Waals surface area contributed by atoms with Gasteiger partial charge in [-0.2, -0.15) is 4.98 Å². The third-order valence-electron chi connectivity index (χ3n) is 3.51. The van der Waals surface area contributed by atoms with E-state index in [1.165, 1.54) is 11.8 Å². The van der Waals surface area contributed by atoms with E-state index < -0.39 is 0 Å². The largest absolute Gasteiger partial charge is 0.455 e. The summed E-state index contributed by atoms with van der Waals surface area (Å²) in [6.45, 7) is -0.0696. The van der Waals surface area contributed by atoms with Gasteiger partial charge in [0.1, 0.15) is 0 Å². The molecule has 0 spiro atoms. The fourth-order valence-electron chi connectivity index (χ4n) is 2.25. The molecule has 9 heteroatoms. The zero-order chi connectivity index (χ0) is 18.6.